The third kappa shape index (κ3) is 5.21. The van der Waals surface area contributed by atoms with Gasteiger partial charge in [0.05, 0.1) is 11.4 Å². The van der Waals surface area contributed by atoms with Crippen molar-refractivity contribution in [2.24, 2.45) is 0 Å². The number of rotatable bonds is 6. The van der Waals surface area contributed by atoms with Gasteiger partial charge in [-0.25, -0.2) is 4.98 Å². The van der Waals surface area contributed by atoms with E-state index < -0.39 is 0 Å². The highest BCUT2D eigenvalue weighted by Crippen LogP contribution is 2.22. The molecule has 4 nitrogen and oxygen atoms in total. The molecule has 102 valence electrons. The van der Waals surface area contributed by atoms with E-state index in [0.29, 0.717) is 10.7 Å². The van der Waals surface area contributed by atoms with Crippen LogP contribution in [0.5, 0.6) is 0 Å². The van der Waals surface area contributed by atoms with Crippen LogP contribution in [0.2, 0.25) is 0 Å². The Morgan fingerprint density at radius 1 is 1.06 bits per heavy atom. The highest BCUT2D eigenvalue weighted by molar-refractivity contribution is 8.00. The van der Waals surface area contributed by atoms with Crippen LogP contribution in [0.15, 0.2) is 0 Å². The molecule has 0 unspecified atom stereocenters. The predicted molar refractivity (Wildman–Crippen MR) is 79.3 cm³/mol. The number of aryl methyl sites for hydroxylation is 2. The van der Waals surface area contributed by atoms with Crippen molar-refractivity contribution in [1.82, 2.24) is 15.2 Å². The molecule has 0 aliphatic heterocycles. The van der Waals surface area contributed by atoms with Crippen molar-refractivity contribution in [1.29, 1.82) is 0 Å². The summed E-state index contributed by atoms with van der Waals surface area (Å²) < 4.78 is 0.307. The molecule has 1 N–H and O–H groups in total. The molecule has 0 spiro atoms. The number of thioether (sulfide) groups is 1. The fourth-order valence-electron chi connectivity index (χ4n) is 1.53. The lowest BCUT2D eigenvalue weighted by atomic mass is 10.2. The van der Waals surface area contributed by atoms with E-state index in [1.807, 2.05) is 11.8 Å². The summed E-state index contributed by atoms with van der Waals surface area (Å²) in [5.41, 5.74) is 2.06. The second-order valence-electron chi connectivity index (χ2n) is 5.12. The monoisotopic (exact) mass is 268 g/mol. The van der Waals surface area contributed by atoms with Crippen LogP contribution in [0.4, 0.5) is 5.95 Å². The van der Waals surface area contributed by atoms with Gasteiger partial charge < -0.3 is 5.32 Å². The first-order chi connectivity index (χ1) is 8.46. The van der Waals surface area contributed by atoms with Gasteiger partial charge in [-0.3, -0.25) is 0 Å². The highest BCUT2D eigenvalue weighted by atomic mass is 32.2. The predicted octanol–water partition coefficient (Wildman–Crippen LogP) is 2.94. The molecule has 0 aliphatic carbocycles. The van der Waals surface area contributed by atoms with Crippen molar-refractivity contribution in [3.05, 3.63) is 11.4 Å². The Hall–Kier alpha value is -0.840. The Labute approximate surface area is 114 Å². The summed E-state index contributed by atoms with van der Waals surface area (Å²) in [6.45, 7) is 11.7. The number of nitrogens with zero attached hydrogens (tertiary/aromatic N) is 3. The smallest absolute Gasteiger partial charge is 0.243 e. The lowest BCUT2D eigenvalue weighted by molar-refractivity contribution is 0.801. The van der Waals surface area contributed by atoms with E-state index in [-0.39, 0.29) is 0 Å². The molecule has 0 bridgehead atoms. The van der Waals surface area contributed by atoms with Crippen LogP contribution < -0.4 is 5.32 Å². The van der Waals surface area contributed by atoms with Gasteiger partial charge in [0.15, 0.2) is 0 Å². The molecule has 0 fully saturated rings. The Balaban J connectivity index is 2.48. The average molecular weight is 268 g/mol. The minimum Gasteiger partial charge on any atom is -0.352 e. The second-order valence-corrected chi connectivity index (χ2v) is 7.05. The van der Waals surface area contributed by atoms with Crippen molar-refractivity contribution in [3.63, 3.8) is 0 Å². The van der Waals surface area contributed by atoms with Gasteiger partial charge in [-0.15, -0.1) is 5.10 Å². The Kier molecular flexibility index (Phi) is 5.85. The number of nitrogens with one attached hydrogen (secondary N) is 1. The molecule has 1 aromatic rings. The zero-order valence-corrected chi connectivity index (χ0v) is 12.9. The maximum Gasteiger partial charge on any atom is 0.243 e. The number of hydrogen-bond acceptors (Lipinski definition) is 5. The highest BCUT2D eigenvalue weighted by Gasteiger charge is 2.10. The van der Waals surface area contributed by atoms with E-state index in [0.717, 1.165) is 36.5 Å². The van der Waals surface area contributed by atoms with Crippen LogP contribution in [0, 0.1) is 0 Å². The van der Waals surface area contributed by atoms with E-state index in [1.54, 1.807) is 0 Å². The summed E-state index contributed by atoms with van der Waals surface area (Å²) in [6, 6.07) is 0. The van der Waals surface area contributed by atoms with Crippen LogP contribution in [-0.2, 0) is 12.8 Å². The normalized spacial score (nSPS) is 11.6. The lowest BCUT2D eigenvalue weighted by Crippen LogP contribution is -2.15. The summed E-state index contributed by atoms with van der Waals surface area (Å²) in [4.78, 5) is 4.50. The first kappa shape index (κ1) is 15.2. The van der Waals surface area contributed by atoms with E-state index in [9.17, 15) is 0 Å². The van der Waals surface area contributed by atoms with Gasteiger partial charge in [-0.2, -0.15) is 16.9 Å². The van der Waals surface area contributed by atoms with Crippen molar-refractivity contribution < 1.29 is 0 Å². The SMILES string of the molecule is CCc1nnc(NCCSC(C)(C)C)nc1CC. The van der Waals surface area contributed by atoms with Gasteiger partial charge >= 0.3 is 0 Å². The molecule has 0 saturated heterocycles. The molecule has 18 heavy (non-hydrogen) atoms. The van der Waals surface area contributed by atoms with E-state index in [2.05, 4.69) is 55.1 Å². The van der Waals surface area contributed by atoms with Crippen molar-refractivity contribution in [3.8, 4) is 0 Å². The molecule has 1 rings (SSSR count). The number of hydrogen-bond donors (Lipinski definition) is 1. The molecular weight excluding hydrogens is 244 g/mol. The first-order valence-corrected chi connectivity index (χ1v) is 7.55. The molecule has 0 radical (unpaired) electrons. The van der Waals surface area contributed by atoms with Gasteiger partial charge in [0.25, 0.3) is 0 Å². The number of anilines is 1. The Morgan fingerprint density at radius 2 is 1.72 bits per heavy atom. The van der Waals surface area contributed by atoms with Gasteiger partial charge in [-0.1, -0.05) is 34.6 Å². The van der Waals surface area contributed by atoms with Crippen LogP contribution in [-0.4, -0.2) is 32.2 Å². The van der Waals surface area contributed by atoms with Crippen molar-refractivity contribution >= 4 is 17.7 Å². The van der Waals surface area contributed by atoms with E-state index in [4.69, 9.17) is 0 Å². The van der Waals surface area contributed by atoms with Crippen LogP contribution in [0.1, 0.15) is 46.0 Å². The zero-order valence-electron chi connectivity index (χ0n) is 12.1. The largest absolute Gasteiger partial charge is 0.352 e. The zero-order chi connectivity index (χ0) is 13.6. The lowest BCUT2D eigenvalue weighted by Gasteiger charge is -2.17. The summed E-state index contributed by atoms with van der Waals surface area (Å²) >= 11 is 1.93. The standard InChI is InChI=1S/C13H24N4S/c1-6-10-11(7-2)16-17-12(15-10)14-8-9-18-13(3,4)5/h6-9H2,1-5H3,(H,14,15,17). The average Bonchev–Trinajstić information content (AvgIpc) is 2.33. The van der Waals surface area contributed by atoms with E-state index >= 15 is 0 Å². The topological polar surface area (TPSA) is 50.7 Å². The first-order valence-electron chi connectivity index (χ1n) is 6.56. The fourth-order valence-corrected chi connectivity index (χ4v) is 2.35. The van der Waals surface area contributed by atoms with Crippen LogP contribution in [0.3, 0.4) is 0 Å². The van der Waals surface area contributed by atoms with Crippen LogP contribution >= 0.6 is 11.8 Å². The minimum absolute atomic E-state index is 0.307. The van der Waals surface area contributed by atoms with Gasteiger partial charge in [0.1, 0.15) is 0 Å². The maximum absolute atomic E-state index is 4.50. The van der Waals surface area contributed by atoms with Crippen molar-refractivity contribution in [2.75, 3.05) is 17.6 Å². The third-order valence-electron chi connectivity index (χ3n) is 2.43. The fraction of sp³-hybridized carbons (Fsp3) is 0.769. The molecule has 0 amide bonds. The minimum atomic E-state index is 0.307. The van der Waals surface area contributed by atoms with Gasteiger partial charge in [-0.05, 0) is 12.8 Å². The van der Waals surface area contributed by atoms with Gasteiger partial charge in [0.2, 0.25) is 5.95 Å². The van der Waals surface area contributed by atoms with Gasteiger partial charge in [0, 0.05) is 17.0 Å². The molecule has 0 aliphatic rings. The molecular formula is C13H24N4S. The molecule has 1 heterocycles. The van der Waals surface area contributed by atoms with E-state index in [1.165, 1.54) is 0 Å². The Morgan fingerprint density at radius 3 is 2.28 bits per heavy atom. The molecule has 1 aromatic heterocycles. The maximum atomic E-state index is 4.50. The molecule has 0 atom stereocenters. The van der Waals surface area contributed by atoms with Crippen molar-refractivity contribution in [2.45, 2.75) is 52.2 Å². The third-order valence-corrected chi connectivity index (χ3v) is 3.70. The van der Waals surface area contributed by atoms with Crippen LogP contribution in [0.25, 0.3) is 0 Å². The molecule has 5 heteroatoms. The number of aromatic nitrogens is 3. The molecule has 0 aromatic carbocycles. The summed E-state index contributed by atoms with van der Waals surface area (Å²) in [5, 5.41) is 11.6. The Bertz CT molecular complexity index is 374. The second kappa shape index (κ2) is 6.92. The molecule has 0 saturated carbocycles. The summed E-state index contributed by atoms with van der Waals surface area (Å²) in [7, 11) is 0. The summed E-state index contributed by atoms with van der Waals surface area (Å²) in [5.74, 6) is 1.70. The summed E-state index contributed by atoms with van der Waals surface area (Å²) in [6.07, 6.45) is 1.80. The quantitative estimate of drug-likeness (QED) is 0.804.